The van der Waals surface area contributed by atoms with Crippen LogP contribution < -0.4 is 16.1 Å². The predicted molar refractivity (Wildman–Crippen MR) is 132 cm³/mol. The maximum absolute atomic E-state index is 12.8. The van der Waals surface area contributed by atoms with E-state index in [2.05, 4.69) is 16.1 Å². The van der Waals surface area contributed by atoms with Crippen LogP contribution in [0.2, 0.25) is 5.02 Å². The fourth-order valence-corrected chi connectivity index (χ4v) is 3.74. The van der Waals surface area contributed by atoms with E-state index in [0.717, 1.165) is 10.6 Å². The largest absolute Gasteiger partial charge is 0.329 e. The third kappa shape index (κ3) is 5.25. The molecule has 0 spiro atoms. The summed E-state index contributed by atoms with van der Waals surface area (Å²) in [5, 5.41) is 5.64. The molecule has 4 rings (SSSR count). The van der Waals surface area contributed by atoms with Gasteiger partial charge in [0.1, 0.15) is 12.2 Å². The van der Waals surface area contributed by atoms with Gasteiger partial charge in [-0.3, -0.25) is 24.5 Å². The van der Waals surface area contributed by atoms with Gasteiger partial charge in [-0.15, -0.1) is 0 Å². The summed E-state index contributed by atoms with van der Waals surface area (Å²) < 4.78 is 1.61. The summed E-state index contributed by atoms with van der Waals surface area (Å²) in [6, 6.07) is 16.3. The summed E-state index contributed by atoms with van der Waals surface area (Å²) in [6.07, 6.45) is 1.52. The van der Waals surface area contributed by atoms with Crippen LogP contribution in [0.4, 0.5) is 10.5 Å². The second-order valence-corrected chi connectivity index (χ2v) is 8.34. The van der Waals surface area contributed by atoms with Crippen LogP contribution in [0, 0.1) is 13.8 Å². The van der Waals surface area contributed by atoms with Gasteiger partial charge in [-0.1, -0.05) is 29.8 Å². The zero-order chi connectivity index (χ0) is 25.1. The minimum atomic E-state index is -0.696. The van der Waals surface area contributed by atoms with E-state index in [1.807, 2.05) is 13.0 Å². The van der Waals surface area contributed by atoms with Crippen molar-refractivity contribution in [1.82, 2.24) is 14.9 Å². The van der Waals surface area contributed by atoms with Crippen molar-refractivity contribution in [3.8, 4) is 0 Å². The van der Waals surface area contributed by atoms with Crippen molar-refractivity contribution in [2.75, 3.05) is 17.3 Å². The average molecular weight is 492 g/mol. The van der Waals surface area contributed by atoms with Crippen LogP contribution in [0.25, 0.3) is 6.08 Å². The summed E-state index contributed by atoms with van der Waals surface area (Å²) in [7, 11) is 0. The quantitative estimate of drug-likeness (QED) is 0.360. The maximum Gasteiger partial charge on any atom is 0.329 e. The molecule has 1 aliphatic rings. The van der Waals surface area contributed by atoms with Gasteiger partial charge in [0, 0.05) is 27.7 Å². The normalized spacial score (nSPS) is 14.3. The molecule has 5 amide bonds. The first-order valence-electron chi connectivity index (χ1n) is 10.7. The summed E-state index contributed by atoms with van der Waals surface area (Å²) in [5.41, 5.74) is 5.89. The second-order valence-electron chi connectivity index (χ2n) is 7.90. The average Bonchev–Trinajstić information content (AvgIpc) is 3.25. The van der Waals surface area contributed by atoms with Gasteiger partial charge in [-0.2, -0.15) is 0 Å². The number of imide groups is 1. The number of nitrogens with zero attached hydrogens (tertiary/aromatic N) is 2. The minimum Gasteiger partial charge on any atom is -0.325 e. The van der Waals surface area contributed by atoms with E-state index < -0.39 is 24.4 Å². The Hall–Kier alpha value is -4.37. The number of aryl methyl sites for hydroxylation is 1. The lowest BCUT2D eigenvalue weighted by Crippen LogP contribution is -2.38. The van der Waals surface area contributed by atoms with E-state index in [0.29, 0.717) is 27.5 Å². The predicted octanol–water partition coefficient (Wildman–Crippen LogP) is 3.67. The Morgan fingerprint density at radius 2 is 1.71 bits per heavy atom. The SMILES string of the molecule is Cc1cc(/C=C2\NC(=O)N(CC(=O)Nc3ccc(Cl)cc3)C2=O)c(C)n1NC(=O)c1ccccc1. The Balaban J connectivity index is 1.47. The van der Waals surface area contributed by atoms with Crippen LogP contribution in [-0.2, 0) is 9.59 Å². The van der Waals surface area contributed by atoms with Gasteiger partial charge >= 0.3 is 6.03 Å². The molecule has 0 saturated carbocycles. The molecular formula is C25H22ClN5O4. The topological polar surface area (TPSA) is 113 Å². The highest BCUT2D eigenvalue weighted by atomic mass is 35.5. The van der Waals surface area contributed by atoms with Crippen molar-refractivity contribution in [1.29, 1.82) is 0 Å². The molecule has 1 aromatic heterocycles. The van der Waals surface area contributed by atoms with Crippen molar-refractivity contribution in [2.24, 2.45) is 0 Å². The number of hydrogen-bond acceptors (Lipinski definition) is 4. The standard InChI is InChI=1S/C25H22ClN5O4/c1-15-12-18(16(2)31(15)29-23(33)17-6-4-3-5-7-17)13-21-24(34)30(25(35)28-21)14-22(32)27-20-10-8-19(26)9-11-20/h3-13H,14H2,1-2H3,(H,27,32)(H,28,35)(H,29,33)/b21-13-. The Kier molecular flexibility index (Phi) is 6.70. The summed E-state index contributed by atoms with van der Waals surface area (Å²) in [5.74, 6) is -1.44. The smallest absolute Gasteiger partial charge is 0.325 e. The number of carbonyl (C=O) groups excluding carboxylic acids is 4. The van der Waals surface area contributed by atoms with E-state index in [-0.39, 0.29) is 11.6 Å². The Bertz CT molecular complexity index is 1350. The Morgan fingerprint density at radius 3 is 2.40 bits per heavy atom. The molecule has 0 radical (unpaired) electrons. The van der Waals surface area contributed by atoms with Crippen LogP contribution >= 0.6 is 11.6 Å². The molecular weight excluding hydrogens is 470 g/mol. The van der Waals surface area contributed by atoms with Gasteiger partial charge in [0.05, 0.1) is 0 Å². The van der Waals surface area contributed by atoms with Gasteiger partial charge in [0.25, 0.3) is 11.8 Å². The third-order valence-electron chi connectivity index (χ3n) is 5.41. The third-order valence-corrected chi connectivity index (χ3v) is 5.66. The van der Waals surface area contributed by atoms with Gasteiger partial charge < -0.3 is 10.6 Å². The number of benzene rings is 2. The van der Waals surface area contributed by atoms with Crippen molar-refractivity contribution in [3.63, 3.8) is 0 Å². The van der Waals surface area contributed by atoms with Crippen LogP contribution in [0.5, 0.6) is 0 Å². The maximum atomic E-state index is 12.8. The lowest BCUT2D eigenvalue weighted by molar-refractivity contribution is -0.127. The number of amides is 5. The van der Waals surface area contributed by atoms with Gasteiger partial charge in [-0.05, 0) is 68.0 Å². The molecule has 0 bridgehead atoms. The lowest BCUT2D eigenvalue weighted by Gasteiger charge is -2.12. The van der Waals surface area contributed by atoms with E-state index >= 15 is 0 Å². The van der Waals surface area contributed by atoms with Crippen molar-refractivity contribution < 1.29 is 19.2 Å². The van der Waals surface area contributed by atoms with Gasteiger partial charge in [0.15, 0.2) is 0 Å². The number of urea groups is 1. The highest BCUT2D eigenvalue weighted by molar-refractivity contribution is 6.30. The molecule has 1 fully saturated rings. The number of anilines is 1. The molecule has 1 aliphatic heterocycles. The monoisotopic (exact) mass is 491 g/mol. The van der Waals surface area contributed by atoms with Crippen molar-refractivity contribution in [2.45, 2.75) is 13.8 Å². The second kappa shape index (κ2) is 9.86. The van der Waals surface area contributed by atoms with Crippen LogP contribution in [0.3, 0.4) is 0 Å². The van der Waals surface area contributed by atoms with Crippen LogP contribution in [-0.4, -0.2) is 39.9 Å². The highest BCUT2D eigenvalue weighted by Gasteiger charge is 2.35. The number of halogens is 1. The van der Waals surface area contributed by atoms with Crippen LogP contribution in [0.1, 0.15) is 27.3 Å². The van der Waals surface area contributed by atoms with Crippen molar-refractivity contribution in [3.05, 3.63) is 93.9 Å². The van der Waals surface area contributed by atoms with E-state index in [9.17, 15) is 19.2 Å². The van der Waals surface area contributed by atoms with E-state index in [4.69, 9.17) is 11.6 Å². The Morgan fingerprint density at radius 1 is 1.03 bits per heavy atom. The highest BCUT2D eigenvalue weighted by Crippen LogP contribution is 2.20. The molecule has 178 valence electrons. The molecule has 0 unspecified atom stereocenters. The molecule has 10 heteroatoms. The number of hydrogen-bond donors (Lipinski definition) is 3. The molecule has 1 saturated heterocycles. The van der Waals surface area contributed by atoms with Gasteiger partial charge in [0.2, 0.25) is 5.91 Å². The first kappa shape index (κ1) is 23.8. The lowest BCUT2D eigenvalue weighted by atomic mass is 10.2. The number of nitrogens with one attached hydrogen (secondary N) is 3. The number of aromatic nitrogens is 1. The Labute approximate surface area is 206 Å². The molecule has 2 heterocycles. The van der Waals surface area contributed by atoms with E-state index in [1.165, 1.54) is 6.08 Å². The summed E-state index contributed by atoms with van der Waals surface area (Å²) in [6.45, 7) is 3.14. The number of rotatable bonds is 6. The van der Waals surface area contributed by atoms with Gasteiger partial charge in [-0.25, -0.2) is 9.69 Å². The molecule has 9 nitrogen and oxygen atoms in total. The molecule has 35 heavy (non-hydrogen) atoms. The van der Waals surface area contributed by atoms with E-state index in [1.54, 1.807) is 66.2 Å². The van der Waals surface area contributed by atoms with Crippen molar-refractivity contribution >= 4 is 47.1 Å². The zero-order valence-corrected chi connectivity index (χ0v) is 19.7. The molecule has 3 aromatic rings. The first-order valence-corrected chi connectivity index (χ1v) is 11.1. The minimum absolute atomic E-state index is 0.0314. The zero-order valence-electron chi connectivity index (χ0n) is 19.0. The molecule has 2 aromatic carbocycles. The van der Waals surface area contributed by atoms with Crippen LogP contribution in [0.15, 0.2) is 66.4 Å². The molecule has 0 aliphatic carbocycles. The molecule has 3 N–H and O–H groups in total. The fourth-order valence-electron chi connectivity index (χ4n) is 3.61. The summed E-state index contributed by atoms with van der Waals surface area (Å²) >= 11 is 5.83. The summed E-state index contributed by atoms with van der Waals surface area (Å²) in [4.78, 5) is 50.9. The fraction of sp³-hybridized carbons (Fsp3) is 0.120. The first-order chi connectivity index (χ1) is 16.7. The molecule has 0 atom stereocenters. The number of carbonyl (C=O) groups is 4.